The smallest absolute Gasteiger partial charge is 0.336 e. The van der Waals surface area contributed by atoms with E-state index in [4.69, 9.17) is 13.7 Å². The highest BCUT2D eigenvalue weighted by Crippen LogP contribution is 2.24. The third-order valence-electron chi connectivity index (χ3n) is 3.51. The highest BCUT2D eigenvalue weighted by Gasteiger charge is 2.09. The molecule has 0 fully saturated rings. The molecule has 0 atom stereocenters. The lowest BCUT2D eigenvalue weighted by molar-refractivity contribution is 0.242. The maximum atomic E-state index is 11.7. The Morgan fingerprint density at radius 1 is 1.22 bits per heavy atom. The molecule has 0 aliphatic heterocycles. The summed E-state index contributed by atoms with van der Waals surface area (Å²) in [4.78, 5) is 15.8. The number of hydrogen-bond acceptors (Lipinski definition) is 6. The Bertz CT molecular complexity index is 866. The SMILES string of the molecule is CCCc1cc(=O)oc2cc(OCc3nc(CC)no3)ccc12. The van der Waals surface area contributed by atoms with Gasteiger partial charge in [0.2, 0.25) is 0 Å². The molecule has 0 bridgehead atoms. The van der Waals surface area contributed by atoms with Gasteiger partial charge < -0.3 is 13.7 Å². The first kappa shape index (κ1) is 15.3. The molecule has 0 radical (unpaired) electrons. The predicted molar refractivity (Wildman–Crippen MR) is 84.5 cm³/mol. The van der Waals surface area contributed by atoms with Crippen LogP contribution in [-0.4, -0.2) is 10.1 Å². The van der Waals surface area contributed by atoms with Crippen LogP contribution in [0, 0.1) is 0 Å². The molecule has 0 saturated heterocycles. The molecule has 0 N–H and O–H groups in total. The number of benzene rings is 1. The fourth-order valence-corrected chi connectivity index (χ4v) is 2.41. The van der Waals surface area contributed by atoms with Gasteiger partial charge in [-0.25, -0.2) is 4.79 Å². The first-order valence-corrected chi connectivity index (χ1v) is 7.70. The van der Waals surface area contributed by atoms with Crippen LogP contribution in [0.3, 0.4) is 0 Å². The Balaban J connectivity index is 1.83. The van der Waals surface area contributed by atoms with Gasteiger partial charge in [0.05, 0.1) is 0 Å². The summed E-state index contributed by atoms with van der Waals surface area (Å²) in [7, 11) is 0. The minimum absolute atomic E-state index is 0.178. The highest BCUT2D eigenvalue weighted by atomic mass is 16.5. The molecule has 23 heavy (non-hydrogen) atoms. The van der Waals surface area contributed by atoms with Gasteiger partial charge in [0.25, 0.3) is 5.89 Å². The largest absolute Gasteiger partial charge is 0.484 e. The van der Waals surface area contributed by atoms with Crippen molar-refractivity contribution in [3.05, 3.63) is 52.0 Å². The van der Waals surface area contributed by atoms with Crippen LogP contribution in [0.25, 0.3) is 11.0 Å². The summed E-state index contributed by atoms with van der Waals surface area (Å²) < 4.78 is 16.0. The van der Waals surface area contributed by atoms with Crippen molar-refractivity contribution >= 4 is 11.0 Å². The van der Waals surface area contributed by atoms with Gasteiger partial charge in [0.1, 0.15) is 11.3 Å². The van der Waals surface area contributed by atoms with Crippen LogP contribution in [0.2, 0.25) is 0 Å². The van der Waals surface area contributed by atoms with Crippen molar-refractivity contribution in [1.82, 2.24) is 10.1 Å². The lowest BCUT2D eigenvalue weighted by atomic mass is 10.1. The van der Waals surface area contributed by atoms with Gasteiger partial charge >= 0.3 is 5.63 Å². The summed E-state index contributed by atoms with van der Waals surface area (Å²) in [6, 6.07) is 7.02. The highest BCUT2D eigenvalue weighted by molar-refractivity contribution is 5.81. The monoisotopic (exact) mass is 314 g/mol. The maximum Gasteiger partial charge on any atom is 0.336 e. The standard InChI is InChI=1S/C17H18N2O4/c1-3-5-11-8-17(20)22-14-9-12(6-7-13(11)14)21-10-16-18-15(4-2)19-23-16/h6-9H,3-5,10H2,1-2H3. The molecule has 3 rings (SSSR count). The third-order valence-corrected chi connectivity index (χ3v) is 3.51. The summed E-state index contributed by atoms with van der Waals surface area (Å²) in [5, 5.41) is 4.75. The second-order valence-corrected chi connectivity index (χ2v) is 5.25. The molecule has 1 aromatic carbocycles. The summed E-state index contributed by atoms with van der Waals surface area (Å²) in [5.74, 6) is 1.66. The van der Waals surface area contributed by atoms with Crippen LogP contribution in [0.1, 0.15) is 37.5 Å². The molecule has 0 aliphatic carbocycles. The van der Waals surface area contributed by atoms with Crippen LogP contribution in [-0.2, 0) is 19.4 Å². The van der Waals surface area contributed by atoms with E-state index < -0.39 is 0 Å². The zero-order valence-electron chi connectivity index (χ0n) is 13.2. The lowest BCUT2D eigenvalue weighted by Gasteiger charge is -2.07. The molecule has 120 valence electrons. The average molecular weight is 314 g/mol. The second-order valence-electron chi connectivity index (χ2n) is 5.25. The summed E-state index contributed by atoms with van der Waals surface area (Å²) >= 11 is 0. The molecule has 6 nitrogen and oxygen atoms in total. The molecule has 2 aromatic heterocycles. The lowest BCUT2D eigenvalue weighted by Crippen LogP contribution is -2.01. The zero-order valence-corrected chi connectivity index (χ0v) is 13.2. The first-order valence-electron chi connectivity index (χ1n) is 7.70. The summed E-state index contributed by atoms with van der Waals surface area (Å²) in [6.45, 7) is 4.21. The molecule has 2 heterocycles. The third kappa shape index (κ3) is 3.41. The minimum atomic E-state index is -0.345. The number of hydrogen-bond donors (Lipinski definition) is 0. The molecule has 0 aliphatic rings. The fraction of sp³-hybridized carbons (Fsp3) is 0.353. The van der Waals surface area contributed by atoms with Crippen LogP contribution >= 0.6 is 0 Å². The molecule has 0 spiro atoms. The van der Waals surface area contributed by atoms with Crippen LogP contribution in [0.15, 0.2) is 38.0 Å². The van der Waals surface area contributed by atoms with Crippen molar-refractivity contribution in [2.75, 3.05) is 0 Å². The van der Waals surface area contributed by atoms with Crippen LogP contribution in [0.4, 0.5) is 0 Å². The molecule has 6 heteroatoms. The molecule has 0 saturated carbocycles. The molecule has 0 unspecified atom stereocenters. The summed E-state index contributed by atoms with van der Waals surface area (Å²) in [5.41, 5.74) is 1.18. The van der Waals surface area contributed by atoms with Crippen molar-refractivity contribution in [2.24, 2.45) is 0 Å². The quantitative estimate of drug-likeness (QED) is 0.650. The van der Waals surface area contributed by atoms with E-state index >= 15 is 0 Å². The number of fused-ring (bicyclic) bond motifs is 1. The average Bonchev–Trinajstić information content (AvgIpc) is 3.01. The Labute approximate surface area is 133 Å². The van der Waals surface area contributed by atoms with Gasteiger partial charge in [-0.15, -0.1) is 0 Å². The number of rotatable bonds is 6. The van der Waals surface area contributed by atoms with E-state index in [1.165, 1.54) is 0 Å². The van der Waals surface area contributed by atoms with Crippen molar-refractivity contribution < 1.29 is 13.7 Å². The maximum absolute atomic E-state index is 11.7. The number of ether oxygens (including phenoxy) is 1. The van der Waals surface area contributed by atoms with E-state index in [1.54, 1.807) is 12.1 Å². The Kier molecular flexibility index (Phi) is 4.41. The van der Waals surface area contributed by atoms with Gasteiger partial charge in [-0.1, -0.05) is 25.4 Å². The van der Waals surface area contributed by atoms with E-state index in [0.29, 0.717) is 29.5 Å². The van der Waals surface area contributed by atoms with E-state index in [2.05, 4.69) is 17.1 Å². The Morgan fingerprint density at radius 3 is 2.83 bits per heavy atom. The van der Waals surface area contributed by atoms with E-state index in [1.807, 2.05) is 19.1 Å². The molecule has 0 amide bonds. The number of aryl methyl sites for hydroxylation is 2. The van der Waals surface area contributed by atoms with Crippen molar-refractivity contribution in [2.45, 2.75) is 39.7 Å². The van der Waals surface area contributed by atoms with E-state index in [-0.39, 0.29) is 12.2 Å². The number of nitrogens with zero attached hydrogens (tertiary/aromatic N) is 2. The van der Waals surface area contributed by atoms with Crippen molar-refractivity contribution in [3.8, 4) is 5.75 Å². The Morgan fingerprint density at radius 2 is 2.09 bits per heavy atom. The number of aromatic nitrogens is 2. The molecule has 3 aromatic rings. The van der Waals surface area contributed by atoms with Gasteiger partial charge in [-0.3, -0.25) is 0 Å². The zero-order chi connectivity index (χ0) is 16.2. The topological polar surface area (TPSA) is 78.4 Å². The van der Waals surface area contributed by atoms with Crippen LogP contribution in [0.5, 0.6) is 5.75 Å². The van der Waals surface area contributed by atoms with E-state index in [9.17, 15) is 4.79 Å². The van der Waals surface area contributed by atoms with Gasteiger partial charge in [0.15, 0.2) is 12.4 Å². The second kappa shape index (κ2) is 6.64. The minimum Gasteiger partial charge on any atom is -0.484 e. The van der Waals surface area contributed by atoms with Gasteiger partial charge in [0, 0.05) is 23.9 Å². The normalized spacial score (nSPS) is 11.0. The van der Waals surface area contributed by atoms with Crippen molar-refractivity contribution in [3.63, 3.8) is 0 Å². The van der Waals surface area contributed by atoms with Crippen LogP contribution < -0.4 is 10.4 Å². The van der Waals surface area contributed by atoms with Gasteiger partial charge in [-0.2, -0.15) is 4.98 Å². The van der Waals surface area contributed by atoms with Crippen molar-refractivity contribution in [1.29, 1.82) is 0 Å². The molecular formula is C17H18N2O4. The fourth-order valence-electron chi connectivity index (χ4n) is 2.41. The summed E-state index contributed by atoms with van der Waals surface area (Å²) in [6.07, 6.45) is 2.52. The Hall–Kier alpha value is -2.63. The van der Waals surface area contributed by atoms with Gasteiger partial charge in [-0.05, 0) is 24.1 Å². The van der Waals surface area contributed by atoms with E-state index in [0.717, 1.165) is 23.8 Å². The predicted octanol–water partition coefficient (Wildman–Crippen LogP) is 3.27. The first-order chi connectivity index (χ1) is 11.2. The molecular weight excluding hydrogens is 296 g/mol.